The third-order valence-electron chi connectivity index (χ3n) is 7.82. The van der Waals surface area contributed by atoms with Crippen LogP contribution in [0.3, 0.4) is 0 Å². The lowest BCUT2D eigenvalue weighted by Crippen LogP contribution is -1.97. The molecular weight excluding hydrogens is 578 g/mol. The summed E-state index contributed by atoms with van der Waals surface area (Å²) in [4.78, 5) is 4.58. The maximum Gasteiger partial charge on any atom is 0.119 e. The molecule has 45 heavy (non-hydrogen) atoms. The second kappa shape index (κ2) is 23.2. The monoisotopic (exact) mass is 631 g/mol. The molecule has 0 spiro atoms. The third kappa shape index (κ3) is 16.1. The summed E-state index contributed by atoms with van der Waals surface area (Å²) in [7, 11) is 0. The molecule has 3 rings (SSSR count). The predicted octanol–water partition coefficient (Wildman–Crippen LogP) is 13.5. The largest absolute Gasteiger partial charge is 0.494 e. The van der Waals surface area contributed by atoms with Gasteiger partial charge in [0, 0.05) is 6.21 Å². The molecule has 0 aromatic heterocycles. The van der Waals surface area contributed by atoms with Crippen molar-refractivity contribution < 1.29 is 9.47 Å². The number of benzene rings is 3. The zero-order valence-corrected chi connectivity index (χ0v) is 28.4. The number of aliphatic imine (C=N–C) groups is 1. The molecule has 0 saturated carbocycles. The van der Waals surface area contributed by atoms with Crippen LogP contribution < -0.4 is 9.47 Å². The lowest BCUT2D eigenvalue weighted by Gasteiger charge is -2.06. The van der Waals surface area contributed by atoms with Gasteiger partial charge in [-0.3, -0.25) is 4.99 Å². The van der Waals surface area contributed by atoms with Crippen LogP contribution in [0.1, 0.15) is 122 Å². The maximum absolute atomic E-state index is 6.49. The summed E-state index contributed by atoms with van der Waals surface area (Å²) < 4.78 is 11.8. The first-order valence-electron chi connectivity index (χ1n) is 17.4. The number of hydrogen-bond donors (Lipinski definition) is 0. The maximum atomic E-state index is 6.49. The highest BCUT2D eigenvalue weighted by Gasteiger charge is 2.02. The summed E-state index contributed by atoms with van der Waals surface area (Å²) in [5.74, 6) is 1.76. The molecule has 0 aliphatic carbocycles. The van der Waals surface area contributed by atoms with Gasteiger partial charge in [0.2, 0.25) is 0 Å². The summed E-state index contributed by atoms with van der Waals surface area (Å²) in [5.41, 5.74) is 3.10. The smallest absolute Gasteiger partial charge is 0.119 e. The molecule has 0 amide bonds. The minimum atomic E-state index is 0.503. The van der Waals surface area contributed by atoms with Gasteiger partial charge in [-0.15, -0.1) is 5.11 Å². The molecular formula is C39H54ClN3O2. The van der Waals surface area contributed by atoms with Crippen LogP contribution in [0.15, 0.2) is 82.0 Å². The SMILES string of the molecule is CCCCCCCCCCOc1ccc(C=Nc2ccc(N=Nc3ccc(OCCCCCCCCCC)cc3)c(Cl)c2)cc1. The van der Waals surface area contributed by atoms with Crippen LogP contribution in [0.5, 0.6) is 11.5 Å². The Labute approximate surface area is 277 Å². The Morgan fingerprint density at radius 2 is 1.00 bits per heavy atom. The fraction of sp³-hybridized carbons (Fsp3) is 0.513. The number of hydrogen-bond acceptors (Lipinski definition) is 5. The van der Waals surface area contributed by atoms with Crippen LogP contribution in [-0.4, -0.2) is 19.4 Å². The van der Waals surface area contributed by atoms with E-state index in [9.17, 15) is 0 Å². The number of unbranched alkanes of at least 4 members (excludes halogenated alkanes) is 14. The van der Waals surface area contributed by atoms with Crippen molar-refractivity contribution in [1.82, 2.24) is 0 Å². The fourth-order valence-electron chi connectivity index (χ4n) is 5.03. The van der Waals surface area contributed by atoms with Crippen LogP contribution in [0.25, 0.3) is 0 Å². The van der Waals surface area contributed by atoms with Crippen LogP contribution in [0.2, 0.25) is 5.02 Å². The molecule has 3 aromatic rings. The molecule has 0 radical (unpaired) electrons. The molecule has 0 atom stereocenters. The van der Waals surface area contributed by atoms with Gasteiger partial charge in [-0.1, -0.05) is 115 Å². The summed E-state index contributed by atoms with van der Waals surface area (Å²) in [6.07, 6.45) is 22.6. The van der Waals surface area contributed by atoms with Crippen LogP contribution in [0.4, 0.5) is 17.1 Å². The molecule has 0 aliphatic rings. The summed E-state index contributed by atoms with van der Waals surface area (Å²) in [6.45, 7) is 6.03. The quantitative estimate of drug-likeness (QED) is 0.0561. The molecule has 0 saturated heterocycles. The first kappa shape index (κ1) is 36.3. The predicted molar refractivity (Wildman–Crippen MR) is 192 cm³/mol. The summed E-state index contributed by atoms with van der Waals surface area (Å²) in [5, 5.41) is 9.19. The van der Waals surface area contributed by atoms with Crippen LogP contribution >= 0.6 is 11.6 Å². The van der Waals surface area contributed by atoms with Crippen LogP contribution in [-0.2, 0) is 0 Å². The highest BCUT2D eigenvalue weighted by molar-refractivity contribution is 6.33. The van der Waals surface area contributed by atoms with Crippen molar-refractivity contribution in [2.45, 2.75) is 117 Å². The van der Waals surface area contributed by atoms with Gasteiger partial charge in [-0.05, 0) is 85.1 Å². The van der Waals surface area contributed by atoms with Crippen molar-refractivity contribution in [1.29, 1.82) is 0 Å². The van der Waals surface area contributed by atoms with Gasteiger partial charge in [-0.2, -0.15) is 5.11 Å². The van der Waals surface area contributed by atoms with E-state index in [1.165, 1.54) is 89.9 Å². The highest BCUT2D eigenvalue weighted by Crippen LogP contribution is 2.31. The Hall–Kier alpha value is -3.18. The molecule has 0 unspecified atom stereocenters. The first-order valence-corrected chi connectivity index (χ1v) is 17.8. The van der Waals surface area contributed by atoms with E-state index in [4.69, 9.17) is 21.1 Å². The lowest BCUT2D eigenvalue weighted by molar-refractivity contribution is 0.304. The van der Waals surface area contributed by atoms with E-state index < -0.39 is 0 Å². The molecule has 0 aliphatic heterocycles. The van der Waals surface area contributed by atoms with Gasteiger partial charge in [-0.25, -0.2) is 0 Å². The van der Waals surface area contributed by atoms with Gasteiger partial charge in [0.25, 0.3) is 0 Å². The fourth-order valence-corrected chi connectivity index (χ4v) is 5.24. The normalized spacial score (nSPS) is 11.5. The van der Waals surface area contributed by atoms with Crippen LogP contribution in [0, 0.1) is 0 Å². The van der Waals surface area contributed by atoms with Gasteiger partial charge >= 0.3 is 0 Å². The van der Waals surface area contributed by atoms with Crippen molar-refractivity contribution in [3.63, 3.8) is 0 Å². The van der Waals surface area contributed by atoms with E-state index >= 15 is 0 Å². The second-order valence-electron chi connectivity index (χ2n) is 11.8. The van der Waals surface area contributed by atoms with E-state index in [1.54, 1.807) is 6.07 Å². The van der Waals surface area contributed by atoms with Crippen molar-refractivity contribution in [2.24, 2.45) is 15.2 Å². The zero-order valence-electron chi connectivity index (χ0n) is 27.7. The van der Waals surface area contributed by atoms with Gasteiger partial charge in [0.15, 0.2) is 0 Å². The average Bonchev–Trinajstić information content (AvgIpc) is 3.06. The minimum Gasteiger partial charge on any atom is -0.494 e. The molecule has 0 heterocycles. The minimum absolute atomic E-state index is 0.503. The standard InChI is InChI=1S/C39H54ClN3O2/c1-3-5-7-9-11-13-15-17-29-44-36-24-19-33(20-25-36)32-41-35-23-28-39(38(40)31-35)43-42-34-21-26-37(27-22-34)45-30-18-16-14-12-10-8-6-4-2/h19-28,31-32H,3-18,29-30H2,1-2H3. The van der Waals surface area contributed by atoms with E-state index in [-0.39, 0.29) is 0 Å². The summed E-state index contributed by atoms with van der Waals surface area (Å²) in [6, 6.07) is 21.3. The number of rotatable bonds is 24. The zero-order chi connectivity index (χ0) is 31.8. The van der Waals surface area contributed by atoms with Gasteiger partial charge < -0.3 is 9.47 Å². The average molecular weight is 632 g/mol. The topological polar surface area (TPSA) is 55.5 Å². The molecule has 3 aromatic carbocycles. The van der Waals surface area contributed by atoms with E-state index in [0.29, 0.717) is 10.7 Å². The van der Waals surface area contributed by atoms with Gasteiger partial charge in [0.1, 0.15) is 17.2 Å². The lowest BCUT2D eigenvalue weighted by atomic mass is 10.1. The van der Waals surface area contributed by atoms with Crippen molar-refractivity contribution in [3.05, 3.63) is 77.3 Å². The molecule has 0 fully saturated rings. The van der Waals surface area contributed by atoms with Crippen molar-refractivity contribution in [3.8, 4) is 11.5 Å². The number of azo groups is 1. The molecule has 0 bridgehead atoms. The summed E-state index contributed by atoms with van der Waals surface area (Å²) >= 11 is 6.49. The van der Waals surface area contributed by atoms with Crippen molar-refractivity contribution >= 4 is 34.9 Å². The molecule has 244 valence electrons. The Morgan fingerprint density at radius 3 is 1.51 bits per heavy atom. The molecule has 0 N–H and O–H groups in total. The Kier molecular flexibility index (Phi) is 18.7. The van der Waals surface area contributed by atoms with E-state index in [1.807, 2.05) is 66.9 Å². The Morgan fingerprint density at radius 1 is 0.533 bits per heavy atom. The van der Waals surface area contributed by atoms with Crippen molar-refractivity contribution in [2.75, 3.05) is 13.2 Å². The highest BCUT2D eigenvalue weighted by atomic mass is 35.5. The number of ether oxygens (including phenoxy) is 2. The second-order valence-corrected chi connectivity index (χ2v) is 12.2. The van der Waals surface area contributed by atoms with Gasteiger partial charge in [0.05, 0.1) is 29.6 Å². The number of halogens is 1. The molecule has 5 nitrogen and oxygen atoms in total. The first-order chi connectivity index (χ1) is 22.2. The number of nitrogens with zero attached hydrogens (tertiary/aromatic N) is 3. The Balaban J connectivity index is 1.35. The Bertz CT molecular complexity index is 1240. The van der Waals surface area contributed by atoms with E-state index in [0.717, 1.165) is 54.5 Å². The van der Waals surface area contributed by atoms with E-state index in [2.05, 4.69) is 29.1 Å². The third-order valence-corrected chi connectivity index (χ3v) is 8.12. The molecule has 6 heteroatoms.